The summed E-state index contributed by atoms with van der Waals surface area (Å²) in [7, 11) is 0. The number of nitrogens with one attached hydrogen (secondary N) is 1. The molecule has 0 unspecified atom stereocenters. The molecule has 1 aromatic carbocycles. The molecule has 0 spiro atoms. The SMILES string of the molecule is O=C(Nc1ncccc1O)c1cc2c(s1)-c1ccccc1CC2. The lowest BCUT2D eigenvalue weighted by molar-refractivity contribution is 0.102. The summed E-state index contributed by atoms with van der Waals surface area (Å²) in [6, 6.07) is 13.4. The summed E-state index contributed by atoms with van der Waals surface area (Å²) in [4.78, 5) is 18.2. The third-order valence-electron chi connectivity index (χ3n) is 3.98. The van der Waals surface area contributed by atoms with Gasteiger partial charge in [0.2, 0.25) is 0 Å². The summed E-state index contributed by atoms with van der Waals surface area (Å²) >= 11 is 1.49. The highest BCUT2D eigenvalue weighted by Crippen LogP contribution is 2.39. The molecule has 1 amide bonds. The van der Waals surface area contributed by atoms with Crippen LogP contribution in [0.2, 0.25) is 0 Å². The van der Waals surface area contributed by atoms with Gasteiger partial charge in [0.15, 0.2) is 11.6 Å². The minimum atomic E-state index is -0.240. The van der Waals surface area contributed by atoms with Gasteiger partial charge in [0.05, 0.1) is 4.88 Å². The molecule has 4 rings (SSSR count). The van der Waals surface area contributed by atoms with Gasteiger partial charge >= 0.3 is 0 Å². The predicted molar refractivity (Wildman–Crippen MR) is 91.0 cm³/mol. The van der Waals surface area contributed by atoms with Gasteiger partial charge < -0.3 is 10.4 Å². The van der Waals surface area contributed by atoms with Crippen LogP contribution < -0.4 is 5.32 Å². The monoisotopic (exact) mass is 322 g/mol. The molecule has 0 saturated carbocycles. The van der Waals surface area contributed by atoms with Gasteiger partial charge in [-0.05, 0) is 47.7 Å². The van der Waals surface area contributed by atoms with Crippen molar-refractivity contribution in [3.05, 3.63) is 64.7 Å². The Labute approximate surface area is 137 Å². The topological polar surface area (TPSA) is 62.2 Å². The minimum absolute atomic E-state index is 0.0347. The highest BCUT2D eigenvalue weighted by molar-refractivity contribution is 7.17. The van der Waals surface area contributed by atoms with E-state index in [1.54, 1.807) is 6.07 Å². The van der Waals surface area contributed by atoms with Crippen LogP contribution in [0.25, 0.3) is 10.4 Å². The van der Waals surface area contributed by atoms with Crippen LogP contribution in [0.4, 0.5) is 5.82 Å². The second kappa shape index (κ2) is 5.52. The number of nitrogens with zero attached hydrogens (tertiary/aromatic N) is 1. The molecule has 1 aliphatic carbocycles. The molecule has 0 saturated heterocycles. The van der Waals surface area contributed by atoms with E-state index in [2.05, 4.69) is 28.5 Å². The van der Waals surface area contributed by atoms with Gasteiger partial charge in [-0.2, -0.15) is 0 Å². The number of aromatic hydroxyl groups is 1. The predicted octanol–water partition coefficient (Wildman–Crippen LogP) is 3.87. The maximum absolute atomic E-state index is 12.4. The first-order valence-corrected chi connectivity index (χ1v) is 8.20. The number of hydrogen-bond acceptors (Lipinski definition) is 4. The molecule has 3 aromatic rings. The van der Waals surface area contributed by atoms with E-state index in [0.29, 0.717) is 4.88 Å². The molecular weight excluding hydrogens is 308 g/mol. The number of amides is 1. The zero-order valence-corrected chi connectivity index (χ0v) is 13.1. The van der Waals surface area contributed by atoms with Gasteiger partial charge in [0, 0.05) is 11.1 Å². The third-order valence-corrected chi connectivity index (χ3v) is 5.19. The van der Waals surface area contributed by atoms with Crippen molar-refractivity contribution in [2.75, 3.05) is 5.32 Å². The Balaban J connectivity index is 1.66. The van der Waals surface area contributed by atoms with E-state index in [9.17, 15) is 9.90 Å². The van der Waals surface area contributed by atoms with Crippen molar-refractivity contribution in [2.24, 2.45) is 0 Å². The summed E-state index contributed by atoms with van der Waals surface area (Å²) in [5.74, 6) is -0.0901. The molecule has 4 nitrogen and oxygen atoms in total. The molecule has 2 heterocycles. The van der Waals surface area contributed by atoms with E-state index in [4.69, 9.17) is 0 Å². The number of pyridine rings is 1. The van der Waals surface area contributed by atoms with Crippen LogP contribution in [-0.4, -0.2) is 16.0 Å². The molecule has 2 N–H and O–H groups in total. The molecule has 2 aromatic heterocycles. The zero-order chi connectivity index (χ0) is 15.8. The van der Waals surface area contributed by atoms with Gasteiger partial charge in [-0.25, -0.2) is 4.98 Å². The number of rotatable bonds is 2. The van der Waals surface area contributed by atoms with E-state index in [0.717, 1.165) is 12.8 Å². The first-order chi connectivity index (χ1) is 11.2. The number of fused-ring (bicyclic) bond motifs is 3. The maximum atomic E-state index is 12.4. The Hall–Kier alpha value is -2.66. The van der Waals surface area contributed by atoms with Crippen molar-refractivity contribution in [1.29, 1.82) is 0 Å². The van der Waals surface area contributed by atoms with Crippen molar-refractivity contribution < 1.29 is 9.90 Å². The molecule has 5 heteroatoms. The van der Waals surface area contributed by atoms with E-state index >= 15 is 0 Å². The number of anilines is 1. The van der Waals surface area contributed by atoms with Gasteiger partial charge in [0.1, 0.15) is 0 Å². The number of hydrogen-bond donors (Lipinski definition) is 2. The van der Waals surface area contributed by atoms with Crippen molar-refractivity contribution in [2.45, 2.75) is 12.8 Å². The van der Waals surface area contributed by atoms with E-state index in [1.807, 2.05) is 12.1 Å². The maximum Gasteiger partial charge on any atom is 0.267 e. The molecule has 0 aliphatic heterocycles. The van der Waals surface area contributed by atoms with Gasteiger partial charge in [-0.1, -0.05) is 24.3 Å². The quantitative estimate of drug-likeness (QED) is 0.753. The summed E-state index contributed by atoms with van der Waals surface area (Å²) in [6.45, 7) is 0. The van der Waals surface area contributed by atoms with Gasteiger partial charge in [-0.15, -0.1) is 11.3 Å². The lowest BCUT2D eigenvalue weighted by Gasteiger charge is -2.15. The van der Waals surface area contributed by atoms with Crippen LogP contribution in [-0.2, 0) is 12.8 Å². The average Bonchev–Trinajstić information content (AvgIpc) is 3.02. The first-order valence-electron chi connectivity index (χ1n) is 7.38. The van der Waals surface area contributed by atoms with E-state index in [-0.39, 0.29) is 17.5 Å². The lowest BCUT2D eigenvalue weighted by atomic mass is 9.91. The van der Waals surface area contributed by atoms with Crippen LogP contribution >= 0.6 is 11.3 Å². The zero-order valence-electron chi connectivity index (χ0n) is 12.2. The smallest absolute Gasteiger partial charge is 0.267 e. The fourth-order valence-corrected chi connectivity index (χ4v) is 4.01. The molecular formula is C18H14N2O2S. The number of benzene rings is 1. The number of carbonyl (C=O) groups is 1. The highest BCUT2D eigenvalue weighted by Gasteiger charge is 2.21. The summed E-state index contributed by atoms with van der Waals surface area (Å²) in [5, 5.41) is 12.4. The van der Waals surface area contributed by atoms with E-state index in [1.165, 1.54) is 45.2 Å². The second-order valence-electron chi connectivity index (χ2n) is 5.45. The molecule has 0 atom stereocenters. The van der Waals surface area contributed by atoms with Crippen LogP contribution in [0.3, 0.4) is 0 Å². The number of aromatic nitrogens is 1. The molecule has 1 aliphatic rings. The van der Waals surface area contributed by atoms with Crippen molar-refractivity contribution in [1.82, 2.24) is 4.98 Å². The molecule has 0 fully saturated rings. The van der Waals surface area contributed by atoms with Crippen molar-refractivity contribution in [3.63, 3.8) is 0 Å². The highest BCUT2D eigenvalue weighted by atomic mass is 32.1. The van der Waals surface area contributed by atoms with Crippen molar-refractivity contribution >= 4 is 23.1 Å². The average molecular weight is 322 g/mol. The molecule has 0 bridgehead atoms. The fourth-order valence-electron chi connectivity index (χ4n) is 2.85. The molecule has 23 heavy (non-hydrogen) atoms. The van der Waals surface area contributed by atoms with Crippen LogP contribution in [0.5, 0.6) is 5.75 Å². The largest absolute Gasteiger partial charge is 0.504 e. The first kappa shape index (κ1) is 14.0. The second-order valence-corrected chi connectivity index (χ2v) is 6.50. The van der Waals surface area contributed by atoms with Gasteiger partial charge in [-0.3, -0.25) is 4.79 Å². The summed E-state index contributed by atoms with van der Waals surface area (Å²) in [6.07, 6.45) is 3.48. The Kier molecular flexibility index (Phi) is 3.35. The third kappa shape index (κ3) is 2.49. The Bertz CT molecular complexity index is 902. The van der Waals surface area contributed by atoms with Crippen LogP contribution in [0.1, 0.15) is 20.8 Å². The normalized spacial score (nSPS) is 12.3. The lowest BCUT2D eigenvalue weighted by Crippen LogP contribution is -2.11. The number of aryl methyl sites for hydroxylation is 2. The summed E-state index contributed by atoms with van der Waals surface area (Å²) in [5.41, 5.74) is 3.76. The van der Waals surface area contributed by atoms with Crippen molar-refractivity contribution in [3.8, 4) is 16.2 Å². The Morgan fingerprint density at radius 1 is 1.13 bits per heavy atom. The number of carbonyl (C=O) groups excluding carboxylic acids is 1. The van der Waals surface area contributed by atoms with Crippen LogP contribution in [0.15, 0.2) is 48.7 Å². The van der Waals surface area contributed by atoms with Crippen LogP contribution in [0, 0.1) is 0 Å². The van der Waals surface area contributed by atoms with Gasteiger partial charge in [0.25, 0.3) is 5.91 Å². The summed E-state index contributed by atoms with van der Waals surface area (Å²) < 4.78 is 0. The Morgan fingerprint density at radius 3 is 2.83 bits per heavy atom. The molecule has 0 radical (unpaired) electrons. The molecule has 114 valence electrons. The minimum Gasteiger partial charge on any atom is -0.504 e. The standard InChI is InChI=1S/C18H14N2O2S/c21-14-6-3-9-19-17(14)20-18(22)15-10-12-8-7-11-4-1-2-5-13(11)16(12)23-15/h1-6,9-10,21H,7-8H2,(H,19,20,22). The number of thiophene rings is 1. The fraction of sp³-hybridized carbons (Fsp3) is 0.111. The van der Waals surface area contributed by atoms with E-state index < -0.39 is 0 Å². The Morgan fingerprint density at radius 2 is 1.96 bits per heavy atom.